The molecular formula is C16H33N3O3. The van der Waals surface area contributed by atoms with Gasteiger partial charge < -0.3 is 20.1 Å². The second-order valence-corrected chi connectivity index (χ2v) is 7.78. The smallest absolute Gasteiger partial charge is 0.410 e. The van der Waals surface area contributed by atoms with Crippen molar-refractivity contribution < 1.29 is 14.3 Å². The second kappa shape index (κ2) is 8.13. The largest absolute Gasteiger partial charge is 0.444 e. The summed E-state index contributed by atoms with van der Waals surface area (Å²) >= 11 is 0. The van der Waals surface area contributed by atoms with Gasteiger partial charge in [0.2, 0.25) is 0 Å². The number of rotatable bonds is 5. The minimum atomic E-state index is -0.468. The van der Waals surface area contributed by atoms with Gasteiger partial charge in [0.05, 0.1) is 19.3 Å². The number of ether oxygens (including phenoxy) is 2. The molecule has 0 radical (unpaired) electrons. The van der Waals surface area contributed by atoms with Crippen LogP contribution in [0, 0.1) is 0 Å². The summed E-state index contributed by atoms with van der Waals surface area (Å²) in [6, 6.07) is 0.0261. The van der Waals surface area contributed by atoms with Gasteiger partial charge >= 0.3 is 6.09 Å². The summed E-state index contributed by atoms with van der Waals surface area (Å²) in [6.45, 7) is 16.3. The number of nitrogens with zero attached hydrogens (tertiary/aromatic N) is 1. The molecule has 0 saturated carbocycles. The van der Waals surface area contributed by atoms with Crippen molar-refractivity contribution in [2.75, 3.05) is 39.4 Å². The highest BCUT2D eigenvalue weighted by atomic mass is 16.6. The molecule has 0 aliphatic carbocycles. The van der Waals surface area contributed by atoms with Crippen molar-refractivity contribution in [3.63, 3.8) is 0 Å². The van der Waals surface area contributed by atoms with Gasteiger partial charge in [-0.25, -0.2) is 4.79 Å². The van der Waals surface area contributed by atoms with E-state index in [9.17, 15) is 4.79 Å². The van der Waals surface area contributed by atoms with E-state index in [0.717, 1.165) is 13.1 Å². The molecule has 0 aromatic heterocycles. The van der Waals surface area contributed by atoms with Gasteiger partial charge in [-0.1, -0.05) is 0 Å². The average molecular weight is 315 g/mol. The molecule has 1 amide bonds. The molecule has 0 bridgehead atoms. The SMILES string of the molecule is CC(C)(C)NCCNCC1COCCN1C(=O)OC(C)(C)C. The van der Waals surface area contributed by atoms with Gasteiger partial charge in [0, 0.05) is 31.7 Å². The van der Waals surface area contributed by atoms with E-state index < -0.39 is 5.60 Å². The van der Waals surface area contributed by atoms with Crippen LogP contribution < -0.4 is 10.6 Å². The number of amides is 1. The molecule has 6 nitrogen and oxygen atoms in total. The summed E-state index contributed by atoms with van der Waals surface area (Å²) in [5.74, 6) is 0. The number of carbonyl (C=O) groups excluding carboxylic acids is 1. The van der Waals surface area contributed by atoms with E-state index in [1.54, 1.807) is 4.90 Å². The Hall–Kier alpha value is -0.850. The Morgan fingerprint density at radius 3 is 2.50 bits per heavy atom. The maximum absolute atomic E-state index is 12.3. The average Bonchev–Trinajstić information content (AvgIpc) is 2.35. The third-order valence-corrected chi connectivity index (χ3v) is 3.19. The number of carbonyl (C=O) groups is 1. The molecule has 1 saturated heterocycles. The Bertz CT molecular complexity index is 348. The molecule has 2 N–H and O–H groups in total. The molecule has 0 spiro atoms. The molecule has 0 aromatic rings. The van der Waals surface area contributed by atoms with E-state index in [1.807, 2.05) is 20.8 Å². The second-order valence-electron chi connectivity index (χ2n) is 7.78. The van der Waals surface area contributed by atoms with Crippen molar-refractivity contribution in [3.8, 4) is 0 Å². The minimum absolute atomic E-state index is 0.0261. The van der Waals surface area contributed by atoms with Crippen LogP contribution in [0.2, 0.25) is 0 Å². The molecule has 1 rings (SSSR count). The lowest BCUT2D eigenvalue weighted by Crippen LogP contribution is -2.54. The summed E-state index contributed by atoms with van der Waals surface area (Å²) in [7, 11) is 0. The van der Waals surface area contributed by atoms with Gasteiger partial charge in [-0.2, -0.15) is 0 Å². The lowest BCUT2D eigenvalue weighted by Gasteiger charge is -2.36. The third-order valence-electron chi connectivity index (χ3n) is 3.19. The first-order valence-electron chi connectivity index (χ1n) is 8.11. The Kier molecular flexibility index (Phi) is 7.09. The number of nitrogens with one attached hydrogen (secondary N) is 2. The molecule has 130 valence electrons. The van der Waals surface area contributed by atoms with E-state index in [2.05, 4.69) is 31.4 Å². The maximum Gasteiger partial charge on any atom is 0.410 e. The zero-order chi connectivity index (χ0) is 16.8. The topological polar surface area (TPSA) is 62.8 Å². The molecule has 1 aliphatic heterocycles. The molecule has 0 aromatic carbocycles. The van der Waals surface area contributed by atoms with Crippen LogP contribution in [0.25, 0.3) is 0 Å². The molecule has 6 heteroatoms. The monoisotopic (exact) mass is 315 g/mol. The van der Waals surface area contributed by atoms with E-state index in [4.69, 9.17) is 9.47 Å². The molecule has 1 unspecified atom stereocenters. The van der Waals surface area contributed by atoms with Crippen molar-refractivity contribution >= 4 is 6.09 Å². The molecule has 1 atom stereocenters. The summed E-state index contributed by atoms with van der Waals surface area (Å²) in [6.07, 6.45) is -0.254. The predicted molar refractivity (Wildman–Crippen MR) is 88.2 cm³/mol. The zero-order valence-electron chi connectivity index (χ0n) is 15.0. The first-order chi connectivity index (χ1) is 10.1. The van der Waals surface area contributed by atoms with Crippen molar-refractivity contribution in [1.82, 2.24) is 15.5 Å². The van der Waals surface area contributed by atoms with E-state index in [-0.39, 0.29) is 17.7 Å². The standard InChI is InChI=1S/C16H33N3O3/c1-15(2,3)18-8-7-17-11-13-12-21-10-9-19(13)14(20)22-16(4,5)6/h13,17-18H,7-12H2,1-6H3. The summed E-state index contributed by atoms with van der Waals surface area (Å²) in [5.41, 5.74) is -0.345. The van der Waals surface area contributed by atoms with Crippen LogP contribution in [0.1, 0.15) is 41.5 Å². The summed E-state index contributed by atoms with van der Waals surface area (Å²) in [5, 5.41) is 6.81. The molecule has 22 heavy (non-hydrogen) atoms. The van der Waals surface area contributed by atoms with Crippen molar-refractivity contribution in [3.05, 3.63) is 0 Å². The zero-order valence-corrected chi connectivity index (χ0v) is 15.0. The quantitative estimate of drug-likeness (QED) is 0.755. The van der Waals surface area contributed by atoms with Gasteiger partial charge in [-0.3, -0.25) is 4.90 Å². The van der Waals surface area contributed by atoms with Crippen LogP contribution >= 0.6 is 0 Å². The van der Waals surface area contributed by atoms with E-state index in [0.29, 0.717) is 26.3 Å². The summed E-state index contributed by atoms with van der Waals surface area (Å²) in [4.78, 5) is 14.0. The minimum Gasteiger partial charge on any atom is -0.444 e. The lowest BCUT2D eigenvalue weighted by atomic mass is 10.1. The molecule has 1 fully saturated rings. The van der Waals surface area contributed by atoms with Crippen molar-refractivity contribution in [2.45, 2.75) is 58.7 Å². The van der Waals surface area contributed by atoms with Crippen LogP contribution in [0.4, 0.5) is 4.79 Å². The van der Waals surface area contributed by atoms with Crippen LogP contribution in [-0.2, 0) is 9.47 Å². The normalized spacial score (nSPS) is 20.1. The lowest BCUT2D eigenvalue weighted by molar-refractivity contribution is -0.0316. The first kappa shape index (κ1) is 19.2. The highest BCUT2D eigenvalue weighted by molar-refractivity contribution is 5.68. The van der Waals surface area contributed by atoms with Gasteiger partial charge in [0.1, 0.15) is 5.60 Å². The molecule has 1 heterocycles. The Morgan fingerprint density at radius 1 is 1.23 bits per heavy atom. The Morgan fingerprint density at radius 2 is 1.91 bits per heavy atom. The van der Waals surface area contributed by atoms with Crippen LogP contribution in [0.5, 0.6) is 0 Å². The molecule has 1 aliphatic rings. The van der Waals surface area contributed by atoms with Crippen LogP contribution in [0.3, 0.4) is 0 Å². The summed E-state index contributed by atoms with van der Waals surface area (Å²) < 4.78 is 11.0. The Labute approximate surface area is 134 Å². The highest BCUT2D eigenvalue weighted by Crippen LogP contribution is 2.14. The van der Waals surface area contributed by atoms with Gasteiger partial charge in [0.15, 0.2) is 0 Å². The van der Waals surface area contributed by atoms with Gasteiger partial charge in [0.25, 0.3) is 0 Å². The fourth-order valence-electron chi connectivity index (χ4n) is 2.18. The highest BCUT2D eigenvalue weighted by Gasteiger charge is 2.30. The third kappa shape index (κ3) is 7.96. The number of hydrogen-bond acceptors (Lipinski definition) is 5. The first-order valence-corrected chi connectivity index (χ1v) is 8.11. The van der Waals surface area contributed by atoms with Gasteiger partial charge in [-0.15, -0.1) is 0 Å². The number of hydrogen-bond donors (Lipinski definition) is 2. The van der Waals surface area contributed by atoms with Crippen LogP contribution in [0.15, 0.2) is 0 Å². The fraction of sp³-hybridized carbons (Fsp3) is 0.938. The number of morpholine rings is 1. The van der Waals surface area contributed by atoms with Crippen molar-refractivity contribution in [1.29, 1.82) is 0 Å². The predicted octanol–water partition coefficient (Wildman–Crippen LogP) is 1.60. The molecular weight excluding hydrogens is 282 g/mol. The van der Waals surface area contributed by atoms with Gasteiger partial charge in [-0.05, 0) is 41.5 Å². The fourth-order valence-corrected chi connectivity index (χ4v) is 2.18. The Balaban J connectivity index is 2.37. The van der Waals surface area contributed by atoms with Crippen LogP contribution in [-0.4, -0.2) is 67.6 Å². The van der Waals surface area contributed by atoms with E-state index in [1.165, 1.54) is 0 Å². The maximum atomic E-state index is 12.3. The van der Waals surface area contributed by atoms with Crippen molar-refractivity contribution in [2.24, 2.45) is 0 Å². The van der Waals surface area contributed by atoms with E-state index >= 15 is 0 Å².